The second kappa shape index (κ2) is 9.84. The van der Waals surface area contributed by atoms with Crippen molar-refractivity contribution >= 4 is 64.5 Å². The Morgan fingerprint density at radius 2 is 2.00 bits per heavy atom. The Kier molecular flexibility index (Phi) is 8.83. The Labute approximate surface area is 173 Å². The van der Waals surface area contributed by atoms with Gasteiger partial charge in [-0.05, 0) is 6.07 Å². The van der Waals surface area contributed by atoms with Gasteiger partial charge in [-0.2, -0.15) is 0 Å². The lowest BCUT2D eigenvalue weighted by atomic mass is 10.2. The van der Waals surface area contributed by atoms with E-state index in [4.69, 9.17) is 23.2 Å². The molecule has 0 saturated heterocycles. The summed E-state index contributed by atoms with van der Waals surface area (Å²) < 4.78 is 1.85. The molecule has 134 valence electrons. The molecular formula is C15H22Cl2IN5S. The molecule has 5 nitrogen and oxygen atoms in total. The molecule has 0 spiro atoms. The standard InChI is InChI=1S/C15H21Cl2N5S.HI/c1-9(2)14-21-10(8-23-14)6-19-15(18-3)20-7-11-5-12(16)13(17)22(11)4;/h5,8-9H,6-7H2,1-4H3,(H2,18,19,20);1H. The largest absolute Gasteiger partial charge is 0.351 e. The van der Waals surface area contributed by atoms with Crippen molar-refractivity contribution in [2.75, 3.05) is 7.05 Å². The van der Waals surface area contributed by atoms with Crippen molar-refractivity contribution in [1.29, 1.82) is 0 Å². The summed E-state index contributed by atoms with van der Waals surface area (Å²) in [5.74, 6) is 1.16. The van der Waals surface area contributed by atoms with Crippen LogP contribution in [0.4, 0.5) is 0 Å². The van der Waals surface area contributed by atoms with Crippen molar-refractivity contribution < 1.29 is 0 Å². The van der Waals surface area contributed by atoms with Gasteiger partial charge in [0.1, 0.15) is 5.15 Å². The van der Waals surface area contributed by atoms with Gasteiger partial charge < -0.3 is 15.2 Å². The highest BCUT2D eigenvalue weighted by Crippen LogP contribution is 2.24. The number of rotatable bonds is 5. The average molecular weight is 502 g/mol. The first-order valence-corrected chi connectivity index (χ1v) is 8.94. The lowest BCUT2D eigenvalue weighted by Crippen LogP contribution is -2.36. The SMILES string of the molecule is CN=C(NCc1csc(C(C)C)n1)NCc1cc(Cl)c(Cl)n1C.I. The van der Waals surface area contributed by atoms with Gasteiger partial charge in [-0.25, -0.2) is 4.98 Å². The molecule has 0 saturated carbocycles. The number of hydrogen-bond acceptors (Lipinski definition) is 3. The minimum atomic E-state index is 0. The lowest BCUT2D eigenvalue weighted by molar-refractivity contribution is 0.744. The maximum atomic E-state index is 6.07. The predicted octanol–water partition coefficient (Wildman–Crippen LogP) is 4.40. The Bertz CT molecular complexity index is 696. The van der Waals surface area contributed by atoms with Gasteiger partial charge in [-0.15, -0.1) is 35.3 Å². The number of guanidine groups is 1. The summed E-state index contributed by atoms with van der Waals surface area (Å²) in [5.41, 5.74) is 2.00. The first-order valence-electron chi connectivity index (χ1n) is 7.30. The van der Waals surface area contributed by atoms with Crippen LogP contribution in [0.1, 0.15) is 36.2 Å². The monoisotopic (exact) mass is 501 g/mol. The number of aliphatic imine (C=N–C) groups is 1. The molecule has 24 heavy (non-hydrogen) atoms. The molecule has 0 atom stereocenters. The second-order valence-electron chi connectivity index (χ2n) is 5.44. The zero-order valence-electron chi connectivity index (χ0n) is 14.1. The van der Waals surface area contributed by atoms with E-state index in [1.807, 2.05) is 17.7 Å². The van der Waals surface area contributed by atoms with E-state index in [1.54, 1.807) is 18.4 Å². The van der Waals surface area contributed by atoms with Crippen molar-refractivity contribution in [3.05, 3.63) is 38.0 Å². The van der Waals surface area contributed by atoms with Gasteiger partial charge in [0.15, 0.2) is 5.96 Å². The molecule has 2 aromatic heterocycles. The fourth-order valence-corrected chi connectivity index (χ4v) is 3.25. The Balaban J connectivity index is 0.00000288. The van der Waals surface area contributed by atoms with Crippen LogP contribution >= 0.6 is 58.5 Å². The third kappa shape index (κ3) is 5.50. The molecule has 0 aromatic carbocycles. The van der Waals surface area contributed by atoms with Crippen LogP contribution in [0.2, 0.25) is 10.2 Å². The summed E-state index contributed by atoms with van der Waals surface area (Å²) in [6.45, 7) is 5.51. The quantitative estimate of drug-likeness (QED) is 0.363. The molecule has 0 aliphatic rings. The van der Waals surface area contributed by atoms with Gasteiger partial charge in [-0.1, -0.05) is 37.0 Å². The summed E-state index contributed by atoms with van der Waals surface area (Å²) in [6.07, 6.45) is 0. The highest BCUT2D eigenvalue weighted by Gasteiger charge is 2.10. The summed E-state index contributed by atoms with van der Waals surface area (Å²) in [6, 6.07) is 1.85. The molecule has 9 heteroatoms. The Hall–Kier alpha value is -0.510. The number of hydrogen-bond donors (Lipinski definition) is 2. The van der Waals surface area contributed by atoms with E-state index in [1.165, 1.54) is 0 Å². The van der Waals surface area contributed by atoms with Crippen molar-refractivity contribution in [2.24, 2.45) is 12.0 Å². The molecule has 0 amide bonds. The summed E-state index contributed by atoms with van der Waals surface area (Å²) in [5, 5.41) is 10.8. The molecule has 2 heterocycles. The van der Waals surface area contributed by atoms with Crippen LogP contribution in [0.3, 0.4) is 0 Å². The highest BCUT2D eigenvalue weighted by molar-refractivity contribution is 14.0. The minimum absolute atomic E-state index is 0. The van der Waals surface area contributed by atoms with Crippen LogP contribution in [0.15, 0.2) is 16.4 Å². The van der Waals surface area contributed by atoms with Crippen LogP contribution in [-0.4, -0.2) is 22.6 Å². The van der Waals surface area contributed by atoms with E-state index in [2.05, 4.69) is 39.8 Å². The molecule has 0 aliphatic heterocycles. The Morgan fingerprint density at radius 3 is 2.50 bits per heavy atom. The summed E-state index contributed by atoms with van der Waals surface area (Å²) >= 11 is 13.8. The number of nitrogens with zero attached hydrogens (tertiary/aromatic N) is 3. The molecule has 2 aromatic rings. The van der Waals surface area contributed by atoms with E-state index >= 15 is 0 Å². The molecule has 2 rings (SSSR count). The van der Waals surface area contributed by atoms with Gasteiger partial charge in [0.05, 0.1) is 28.8 Å². The molecule has 2 N–H and O–H groups in total. The zero-order chi connectivity index (χ0) is 17.0. The zero-order valence-corrected chi connectivity index (χ0v) is 18.7. The molecule has 0 fully saturated rings. The fourth-order valence-electron chi connectivity index (χ4n) is 2.00. The maximum Gasteiger partial charge on any atom is 0.191 e. The van der Waals surface area contributed by atoms with Crippen molar-refractivity contribution in [2.45, 2.75) is 32.9 Å². The average Bonchev–Trinajstić information content (AvgIpc) is 3.09. The third-order valence-corrected chi connectivity index (χ3v) is 5.41. The van der Waals surface area contributed by atoms with Gasteiger partial charge in [0, 0.05) is 31.1 Å². The molecule has 0 radical (unpaired) electrons. The predicted molar refractivity (Wildman–Crippen MR) is 114 cm³/mol. The number of halogens is 3. The molecular weight excluding hydrogens is 480 g/mol. The van der Waals surface area contributed by atoms with Crippen molar-refractivity contribution in [3.8, 4) is 0 Å². The minimum Gasteiger partial charge on any atom is -0.351 e. The smallest absolute Gasteiger partial charge is 0.191 e. The van der Waals surface area contributed by atoms with Gasteiger partial charge in [0.25, 0.3) is 0 Å². The first kappa shape index (κ1) is 21.5. The van der Waals surface area contributed by atoms with E-state index in [-0.39, 0.29) is 24.0 Å². The number of nitrogens with one attached hydrogen (secondary N) is 2. The normalized spacial score (nSPS) is 11.5. The van der Waals surface area contributed by atoms with Gasteiger partial charge >= 0.3 is 0 Å². The third-order valence-electron chi connectivity index (χ3n) is 3.38. The Morgan fingerprint density at radius 1 is 1.33 bits per heavy atom. The molecule has 0 bridgehead atoms. The van der Waals surface area contributed by atoms with E-state index in [9.17, 15) is 0 Å². The van der Waals surface area contributed by atoms with E-state index < -0.39 is 0 Å². The summed E-state index contributed by atoms with van der Waals surface area (Å²) in [4.78, 5) is 8.81. The van der Waals surface area contributed by atoms with Crippen LogP contribution in [0.25, 0.3) is 0 Å². The van der Waals surface area contributed by atoms with Gasteiger partial charge in [0.2, 0.25) is 0 Å². The second-order valence-corrected chi connectivity index (χ2v) is 7.10. The fraction of sp³-hybridized carbons (Fsp3) is 0.467. The van der Waals surface area contributed by atoms with Crippen molar-refractivity contribution in [3.63, 3.8) is 0 Å². The lowest BCUT2D eigenvalue weighted by Gasteiger charge is -2.11. The highest BCUT2D eigenvalue weighted by atomic mass is 127. The number of thiazole rings is 1. The van der Waals surface area contributed by atoms with Crippen LogP contribution in [0.5, 0.6) is 0 Å². The van der Waals surface area contributed by atoms with Crippen LogP contribution < -0.4 is 10.6 Å². The topological polar surface area (TPSA) is 54.2 Å². The molecule has 0 aliphatic carbocycles. The summed E-state index contributed by atoms with van der Waals surface area (Å²) in [7, 11) is 3.62. The van der Waals surface area contributed by atoms with Crippen LogP contribution in [-0.2, 0) is 20.1 Å². The van der Waals surface area contributed by atoms with E-state index in [0.29, 0.717) is 35.1 Å². The first-order chi connectivity index (χ1) is 10.9. The van der Waals surface area contributed by atoms with Crippen molar-refractivity contribution in [1.82, 2.24) is 20.2 Å². The van der Waals surface area contributed by atoms with E-state index in [0.717, 1.165) is 16.4 Å². The number of aromatic nitrogens is 2. The van der Waals surface area contributed by atoms with Gasteiger partial charge in [-0.3, -0.25) is 4.99 Å². The maximum absolute atomic E-state index is 6.07. The van der Waals surface area contributed by atoms with Crippen LogP contribution in [0, 0.1) is 0 Å². The molecule has 0 unspecified atom stereocenters.